The summed E-state index contributed by atoms with van der Waals surface area (Å²) in [6, 6.07) is 19.7. The molecule has 0 aliphatic carbocycles. The molecule has 27 heavy (non-hydrogen) atoms. The molecule has 3 rings (SSSR count). The van der Waals surface area contributed by atoms with Gasteiger partial charge in [0.1, 0.15) is 6.61 Å². The van der Waals surface area contributed by atoms with Crippen LogP contribution in [0.2, 0.25) is 10.0 Å². The van der Waals surface area contributed by atoms with Gasteiger partial charge in [-0.25, -0.2) is 0 Å². The second kappa shape index (κ2) is 9.03. The monoisotopic (exact) mass is 401 g/mol. The van der Waals surface area contributed by atoms with Crippen LogP contribution in [0.15, 0.2) is 60.7 Å². The fourth-order valence-corrected chi connectivity index (χ4v) is 2.93. The second-order valence-electron chi connectivity index (χ2n) is 6.24. The number of methoxy groups -OCH3 is 1. The predicted molar refractivity (Wildman–Crippen MR) is 112 cm³/mol. The lowest BCUT2D eigenvalue weighted by atomic mass is 10.2. The van der Waals surface area contributed by atoms with Crippen LogP contribution in [0.3, 0.4) is 0 Å². The molecule has 0 saturated heterocycles. The van der Waals surface area contributed by atoms with E-state index in [4.69, 9.17) is 32.7 Å². The van der Waals surface area contributed by atoms with Crippen LogP contribution in [-0.2, 0) is 13.2 Å². The molecule has 0 atom stereocenters. The fourth-order valence-electron chi connectivity index (χ4n) is 2.61. The highest BCUT2D eigenvalue weighted by Gasteiger charge is 2.07. The van der Waals surface area contributed by atoms with Crippen molar-refractivity contribution in [3.8, 4) is 11.5 Å². The molecule has 0 fully saturated rings. The largest absolute Gasteiger partial charge is 0.493 e. The highest BCUT2D eigenvalue weighted by atomic mass is 35.5. The van der Waals surface area contributed by atoms with Crippen LogP contribution in [0, 0.1) is 6.92 Å². The molecule has 3 nitrogen and oxygen atoms in total. The SMILES string of the molecule is COc1cc(CNc2ccc(C)cc2)ccc1OCc1ccc(Cl)c(Cl)c1. The molecule has 5 heteroatoms. The number of anilines is 1. The van der Waals surface area contributed by atoms with Crippen LogP contribution < -0.4 is 14.8 Å². The van der Waals surface area contributed by atoms with Crippen molar-refractivity contribution < 1.29 is 9.47 Å². The van der Waals surface area contributed by atoms with E-state index >= 15 is 0 Å². The minimum atomic E-state index is 0.383. The smallest absolute Gasteiger partial charge is 0.161 e. The number of benzene rings is 3. The fraction of sp³-hybridized carbons (Fsp3) is 0.182. The van der Waals surface area contributed by atoms with Crippen molar-refractivity contribution in [3.63, 3.8) is 0 Å². The first-order chi connectivity index (χ1) is 13.0. The third-order valence-electron chi connectivity index (χ3n) is 4.15. The second-order valence-corrected chi connectivity index (χ2v) is 7.06. The van der Waals surface area contributed by atoms with Crippen LogP contribution in [0.4, 0.5) is 5.69 Å². The zero-order valence-corrected chi connectivity index (χ0v) is 16.8. The molecule has 0 aliphatic heterocycles. The first-order valence-electron chi connectivity index (χ1n) is 8.59. The minimum absolute atomic E-state index is 0.383. The van der Waals surface area contributed by atoms with Gasteiger partial charge in [-0.15, -0.1) is 0 Å². The summed E-state index contributed by atoms with van der Waals surface area (Å²) in [5.74, 6) is 1.38. The highest BCUT2D eigenvalue weighted by molar-refractivity contribution is 6.42. The van der Waals surface area contributed by atoms with Crippen molar-refractivity contribution in [3.05, 3.63) is 87.4 Å². The average molecular weight is 402 g/mol. The van der Waals surface area contributed by atoms with Crippen LogP contribution in [0.5, 0.6) is 11.5 Å². The standard InChI is InChI=1S/C22H21Cl2NO2/c1-15-3-7-18(8-4-15)25-13-16-6-10-21(22(12-16)26-2)27-14-17-5-9-19(23)20(24)11-17/h3-12,25H,13-14H2,1-2H3. The summed E-state index contributed by atoms with van der Waals surface area (Å²) in [7, 11) is 1.64. The van der Waals surface area contributed by atoms with Gasteiger partial charge in [0, 0.05) is 12.2 Å². The van der Waals surface area contributed by atoms with E-state index in [1.807, 2.05) is 24.3 Å². The Bertz CT molecular complexity index is 911. The van der Waals surface area contributed by atoms with Gasteiger partial charge in [-0.05, 0) is 54.4 Å². The third kappa shape index (κ3) is 5.31. The van der Waals surface area contributed by atoms with E-state index in [0.717, 1.165) is 16.8 Å². The lowest BCUT2D eigenvalue weighted by Crippen LogP contribution is -2.02. The van der Waals surface area contributed by atoms with Gasteiger partial charge in [-0.2, -0.15) is 0 Å². The van der Waals surface area contributed by atoms with E-state index in [-0.39, 0.29) is 0 Å². The molecule has 3 aromatic carbocycles. The van der Waals surface area contributed by atoms with E-state index < -0.39 is 0 Å². The quantitative estimate of drug-likeness (QED) is 0.489. The zero-order chi connectivity index (χ0) is 19.2. The maximum Gasteiger partial charge on any atom is 0.161 e. The predicted octanol–water partition coefficient (Wildman–Crippen LogP) is 6.50. The Kier molecular flexibility index (Phi) is 6.49. The number of aryl methyl sites for hydroxylation is 1. The number of rotatable bonds is 7. The van der Waals surface area contributed by atoms with Gasteiger partial charge in [0.25, 0.3) is 0 Å². The summed E-state index contributed by atoms with van der Waals surface area (Å²) in [5, 5.41) is 4.45. The average Bonchev–Trinajstić information content (AvgIpc) is 2.68. The van der Waals surface area contributed by atoms with E-state index in [2.05, 4.69) is 36.5 Å². The van der Waals surface area contributed by atoms with Crippen LogP contribution >= 0.6 is 23.2 Å². The third-order valence-corrected chi connectivity index (χ3v) is 4.89. The number of ether oxygens (including phenoxy) is 2. The Morgan fingerprint density at radius 1 is 0.815 bits per heavy atom. The molecule has 0 aliphatic rings. The first kappa shape index (κ1) is 19.4. The van der Waals surface area contributed by atoms with Crippen molar-refractivity contribution in [2.24, 2.45) is 0 Å². The first-order valence-corrected chi connectivity index (χ1v) is 9.35. The molecule has 0 unspecified atom stereocenters. The summed E-state index contributed by atoms with van der Waals surface area (Å²) in [5.41, 5.74) is 4.37. The molecule has 0 heterocycles. The number of hydrogen-bond acceptors (Lipinski definition) is 3. The topological polar surface area (TPSA) is 30.5 Å². The Morgan fingerprint density at radius 2 is 1.56 bits per heavy atom. The van der Waals surface area contributed by atoms with E-state index in [9.17, 15) is 0 Å². The molecule has 0 radical (unpaired) electrons. The van der Waals surface area contributed by atoms with Gasteiger partial charge in [0.2, 0.25) is 0 Å². The normalized spacial score (nSPS) is 10.5. The maximum absolute atomic E-state index is 6.05. The van der Waals surface area contributed by atoms with Crippen molar-refractivity contribution in [2.75, 3.05) is 12.4 Å². The van der Waals surface area contributed by atoms with Gasteiger partial charge in [-0.3, -0.25) is 0 Å². The Labute approximate surface area is 169 Å². The summed E-state index contributed by atoms with van der Waals surface area (Å²) in [6.45, 7) is 3.16. The number of hydrogen-bond donors (Lipinski definition) is 1. The summed E-state index contributed by atoms with van der Waals surface area (Å²) < 4.78 is 11.4. The molecule has 0 spiro atoms. The van der Waals surface area contributed by atoms with Crippen molar-refractivity contribution >= 4 is 28.9 Å². The Balaban J connectivity index is 1.64. The molecule has 0 saturated carbocycles. The summed E-state index contributed by atoms with van der Waals surface area (Å²) in [6.07, 6.45) is 0. The number of halogens is 2. The highest BCUT2D eigenvalue weighted by Crippen LogP contribution is 2.30. The van der Waals surface area contributed by atoms with Gasteiger partial charge in [-0.1, -0.05) is 53.0 Å². The van der Waals surface area contributed by atoms with Crippen LogP contribution in [0.1, 0.15) is 16.7 Å². The molecule has 3 aromatic rings. The van der Waals surface area contributed by atoms with E-state index in [1.54, 1.807) is 19.2 Å². The van der Waals surface area contributed by atoms with Crippen molar-refractivity contribution in [2.45, 2.75) is 20.1 Å². The van der Waals surface area contributed by atoms with Gasteiger partial charge < -0.3 is 14.8 Å². The lowest BCUT2D eigenvalue weighted by molar-refractivity contribution is 0.284. The molecule has 140 valence electrons. The van der Waals surface area contributed by atoms with Crippen molar-refractivity contribution in [1.29, 1.82) is 0 Å². The van der Waals surface area contributed by atoms with Crippen molar-refractivity contribution in [1.82, 2.24) is 0 Å². The Morgan fingerprint density at radius 3 is 2.26 bits per heavy atom. The molecule has 1 N–H and O–H groups in total. The van der Waals surface area contributed by atoms with Crippen LogP contribution in [-0.4, -0.2) is 7.11 Å². The molecule has 0 aromatic heterocycles. The van der Waals surface area contributed by atoms with Gasteiger partial charge in [0.05, 0.1) is 17.2 Å². The molecular formula is C22H21Cl2NO2. The minimum Gasteiger partial charge on any atom is -0.493 e. The Hall–Kier alpha value is -2.36. The number of nitrogens with one attached hydrogen (secondary N) is 1. The van der Waals surface area contributed by atoms with E-state index in [1.165, 1.54) is 5.56 Å². The van der Waals surface area contributed by atoms with Gasteiger partial charge in [0.15, 0.2) is 11.5 Å². The molecule has 0 bridgehead atoms. The zero-order valence-electron chi connectivity index (χ0n) is 15.3. The molecule has 0 amide bonds. The molecular weight excluding hydrogens is 381 g/mol. The van der Waals surface area contributed by atoms with Gasteiger partial charge >= 0.3 is 0 Å². The lowest BCUT2D eigenvalue weighted by Gasteiger charge is -2.13. The summed E-state index contributed by atoms with van der Waals surface area (Å²) in [4.78, 5) is 0. The summed E-state index contributed by atoms with van der Waals surface area (Å²) >= 11 is 12.0. The maximum atomic E-state index is 6.05. The van der Waals surface area contributed by atoms with E-state index in [0.29, 0.717) is 34.7 Å². The van der Waals surface area contributed by atoms with Crippen LogP contribution in [0.25, 0.3) is 0 Å².